The summed E-state index contributed by atoms with van der Waals surface area (Å²) >= 11 is 0. The lowest BCUT2D eigenvalue weighted by Gasteiger charge is -1.61. The van der Waals surface area contributed by atoms with Gasteiger partial charge in [0.15, 0.2) is 0 Å². The maximum atomic E-state index is 8.00. The highest BCUT2D eigenvalue weighted by molar-refractivity contribution is 5.10. The fourth-order valence-corrected chi connectivity index (χ4v) is 0. The highest BCUT2D eigenvalue weighted by Crippen LogP contribution is 1.28. The summed E-state index contributed by atoms with van der Waals surface area (Å²) in [6, 6.07) is 0. The van der Waals surface area contributed by atoms with Crippen LogP contribution in [0.25, 0.3) is 0 Å². The maximum absolute atomic E-state index is 8.00. The average molecular weight is 76.1 g/mol. The molecule has 0 saturated heterocycles. The minimum atomic E-state index is 1.62. The Morgan fingerprint density at radius 3 is 1.40 bits per heavy atom. The number of rotatable bonds is 0. The van der Waals surface area contributed by atoms with E-state index in [0.29, 0.717) is 0 Å². The van der Waals surface area contributed by atoms with Gasteiger partial charge in [0.1, 0.15) is 6.79 Å². The van der Waals surface area contributed by atoms with Crippen LogP contribution in [0, 0.1) is 0 Å². The van der Waals surface area contributed by atoms with E-state index in [1.54, 1.807) is 14.2 Å². The van der Waals surface area contributed by atoms with Crippen LogP contribution in [-0.2, 0) is 9.53 Å². The summed E-state index contributed by atoms with van der Waals surface area (Å²) < 4.78 is 4.25. The first-order valence-corrected chi connectivity index (χ1v) is 1.11. The lowest BCUT2D eigenvalue weighted by Crippen LogP contribution is -1.55. The van der Waals surface area contributed by atoms with Gasteiger partial charge in [-0.05, 0) is 0 Å². The van der Waals surface area contributed by atoms with Crippen LogP contribution in [0.1, 0.15) is 0 Å². The van der Waals surface area contributed by atoms with Gasteiger partial charge in [0, 0.05) is 14.2 Å². The summed E-state index contributed by atoms with van der Waals surface area (Å²) in [7, 11) is 3.25. The Bertz CT molecular complexity index is 8.85. The number of methoxy groups -OCH3 is 1. The van der Waals surface area contributed by atoms with Gasteiger partial charge in [0.25, 0.3) is 0 Å². The van der Waals surface area contributed by atoms with E-state index in [2.05, 4.69) is 4.74 Å². The van der Waals surface area contributed by atoms with Crippen molar-refractivity contribution in [3.63, 3.8) is 0 Å². The molecule has 2 nitrogen and oxygen atoms in total. The predicted molar refractivity (Wildman–Crippen MR) is 20.1 cm³/mol. The first-order chi connectivity index (χ1) is 2.41. The van der Waals surface area contributed by atoms with Crippen molar-refractivity contribution in [2.45, 2.75) is 0 Å². The molecule has 0 fully saturated rings. The van der Waals surface area contributed by atoms with Crippen LogP contribution in [0.5, 0.6) is 0 Å². The minimum absolute atomic E-state index is 1.62. The fourth-order valence-electron chi connectivity index (χ4n) is 0. The third-order valence-corrected chi connectivity index (χ3v) is 0. The normalized spacial score (nSPS) is 4.40. The van der Waals surface area contributed by atoms with E-state index in [0.717, 1.165) is 0 Å². The van der Waals surface area contributed by atoms with Gasteiger partial charge in [0.2, 0.25) is 0 Å². The summed E-state index contributed by atoms with van der Waals surface area (Å²) in [5.41, 5.74) is 0. The lowest BCUT2D eigenvalue weighted by molar-refractivity contribution is -0.0979. The summed E-state index contributed by atoms with van der Waals surface area (Å²) in [5.74, 6) is 0. The zero-order chi connectivity index (χ0) is 4.71. The molecule has 2 heteroatoms. The second kappa shape index (κ2) is 63.3. The Labute approximate surface area is 31.8 Å². The van der Waals surface area contributed by atoms with Crippen LogP contribution in [0.4, 0.5) is 0 Å². The van der Waals surface area contributed by atoms with E-state index < -0.39 is 0 Å². The molecular weight excluding hydrogens is 68.0 g/mol. The molecule has 0 atom stereocenters. The zero-order valence-corrected chi connectivity index (χ0v) is 3.52. The first kappa shape index (κ1) is 8.82. The van der Waals surface area contributed by atoms with E-state index in [1.165, 1.54) is 0 Å². The SMILES string of the molecule is C=O.COC. The standard InChI is InChI=1S/C2H6O.CH2O/c1-3-2;1-2/h1-2H3;1H2. The highest BCUT2D eigenvalue weighted by atomic mass is 16.4. The van der Waals surface area contributed by atoms with Crippen LogP contribution in [0.3, 0.4) is 0 Å². The summed E-state index contributed by atoms with van der Waals surface area (Å²) in [6.45, 7) is 2.00. The molecule has 32 valence electrons. The molecule has 0 amide bonds. The summed E-state index contributed by atoms with van der Waals surface area (Å²) in [5, 5.41) is 0. The van der Waals surface area contributed by atoms with Gasteiger partial charge in [-0.15, -0.1) is 0 Å². The van der Waals surface area contributed by atoms with Gasteiger partial charge in [-0.2, -0.15) is 0 Å². The van der Waals surface area contributed by atoms with Gasteiger partial charge < -0.3 is 9.53 Å². The number of hydrogen-bond donors (Lipinski definition) is 0. The van der Waals surface area contributed by atoms with E-state index >= 15 is 0 Å². The van der Waals surface area contributed by atoms with Gasteiger partial charge in [0.05, 0.1) is 0 Å². The fraction of sp³-hybridized carbons (Fsp3) is 0.667. The molecule has 0 aromatic rings. The van der Waals surface area contributed by atoms with Crippen molar-refractivity contribution in [2.75, 3.05) is 14.2 Å². The molecular formula is C3H8O2. The summed E-state index contributed by atoms with van der Waals surface area (Å²) in [4.78, 5) is 8.00. The monoisotopic (exact) mass is 76.1 g/mol. The quantitative estimate of drug-likeness (QED) is 0.408. The van der Waals surface area contributed by atoms with Gasteiger partial charge in [-0.1, -0.05) is 0 Å². The Morgan fingerprint density at radius 2 is 1.40 bits per heavy atom. The molecule has 0 rings (SSSR count). The molecule has 0 heterocycles. The Morgan fingerprint density at radius 1 is 1.40 bits per heavy atom. The molecule has 0 unspecified atom stereocenters. The Kier molecular flexibility index (Phi) is 112. The molecule has 0 saturated carbocycles. The molecule has 0 aliphatic rings. The minimum Gasteiger partial charge on any atom is -0.388 e. The predicted octanol–water partition coefficient (Wildman–Crippen LogP) is 0.0777. The smallest absolute Gasteiger partial charge is 0.106 e. The molecule has 0 aliphatic carbocycles. The van der Waals surface area contributed by atoms with Crippen molar-refractivity contribution in [3.8, 4) is 0 Å². The molecule has 0 radical (unpaired) electrons. The van der Waals surface area contributed by atoms with Crippen LogP contribution in [-0.4, -0.2) is 21.0 Å². The largest absolute Gasteiger partial charge is 0.388 e. The molecule has 0 N–H and O–H groups in total. The first-order valence-electron chi connectivity index (χ1n) is 1.11. The summed E-state index contributed by atoms with van der Waals surface area (Å²) in [6.07, 6.45) is 0. The van der Waals surface area contributed by atoms with E-state index in [-0.39, 0.29) is 0 Å². The van der Waals surface area contributed by atoms with Crippen molar-refractivity contribution >= 4 is 6.79 Å². The van der Waals surface area contributed by atoms with E-state index in [9.17, 15) is 0 Å². The lowest BCUT2D eigenvalue weighted by atomic mass is 11.6. The molecule has 0 bridgehead atoms. The van der Waals surface area contributed by atoms with Crippen LogP contribution >= 0.6 is 0 Å². The van der Waals surface area contributed by atoms with E-state index in [4.69, 9.17) is 4.79 Å². The van der Waals surface area contributed by atoms with Gasteiger partial charge in [-0.25, -0.2) is 0 Å². The molecule has 0 aromatic heterocycles. The zero-order valence-electron chi connectivity index (χ0n) is 3.52. The molecule has 0 aliphatic heterocycles. The number of hydrogen-bond acceptors (Lipinski definition) is 2. The Hall–Kier alpha value is -0.370. The van der Waals surface area contributed by atoms with Gasteiger partial charge >= 0.3 is 0 Å². The molecule has 0 spiro atoms. The average Bonchev–Trinajstić information content (AvgIpc) is 1.46. The molecule has 5 heavy (non-hydrogen) atoms. The maximum Gasteiger partial charge on any atom is 0.106 e. The van der Waals surface area contributed by atoms with Crippen LogP contribution in [0.15, 0.2) is 0 Å². The topological polar surface area (TPSA) is 26.3 Å². The number of ether oxygens (including phenoxy) is 1. The highest BCUT2D eigenvalue weighted by Gasteiger charge is 1.25. The second-order valence-electron chi connectivity index (χ2n) is 0.408. The third-order valence-electron chi connectivity index (χ3n) is 0. The number of carbonyl (C=O) groups excluding carboxylic acids is 1. The van der Waals surface area contributed by atoms with Crippen LogP contribution in [0.2, 0.25) is 0 Å². The van der Waals surface area contributed by atoms with Gasteiger partial charge in [-0.3, -0.25) is 0 Å². The molecule has 0 aromatic carbocycles. The van der Waals surface area contributed by atoms with Crippen molar-refractivity contribution in [1.82, 2.24) is 0 Å². The van der Waals surface area contributed by atoms with E-state index in [1.807, 2.05) is 6.79 Å². The second-order valence-corrected chi connectivity index (χ2v) is 0.408. The number of carbonyl (C=O) groups is 1. The third kappa shape index (κ3) is 70.4. The van der Waals surface area contributed by atoms with Crippen molar-refractivity contribution < 1.29 is 9.53 Å². The Balaban J connectivity index is 0. The van der Waals surface area contributed by atoms with Crippen molar-refractivity contribution in [1.29, 1.82) is 0 Å². The van der Waals surface area contributed by atoms with Crippen molar-refractivity contribution in [3.05, 3.63) is 0 Å². The van der Waals surface area contributed by atoms with Crippen LogP contribution < -0.4 is 0 Å². The van der Waals surface area contributed by atoms with Crippen molar-refractivity contribution in [2.24, 2.45) is 0 Å².